The number of unbranched alkanes of at least 4 members (excludes halogenated alkanes) is 1. The van der Waals surface area contributed by atoms with Gasteiger partial charge in [0.25, 0.3) is 0 Å². The van der Waals surface area contributed by atoms with Gasteiger partial charge in [-0.15, -0.1) is 0 Å². The van der Waals surface area contributed by atoms with Crippen molar-refractivity contribution in [1.82, 2.24) is 15.1 Å². The quantitative estimate of drug-likeness (QED) is 0.704. The maximum Gasteiger partial charge on any atom is 0.0624 e. The van der Waals surface area contributed by atoms with Crippen molar-refractivity contribution in [3.63, 3.8) is 0 Å². The SMILES string of the molecule is CNCCCCc1ccn(C(C)C)n1. The average molecular weight is 195 g/mol. The number of rotatable bonds is 6. The van der Waals surface area contributed by atoms with E-state index in [9.17, 15) is 0 Å². The van der Waals surface area contributed by atoms with Crippen molar-refractivity contribution in [1.29, 1.82) is 0 Å². The van der Waals surface area contributed by atoms with E-state index in [2.05, 4.69) is 36.5 Å². The molecule has 3 nitrogen and oxygen atoms in total. The van der Waals surface area contributed by atoms with Crippen LogP contribution < -0.4 is 5.32 Å². The lowest BCUT2D eigenvalue weighted by atomic mass is 10.2. The summed E-state index contributed by atoms with van der Waals surface area (Å²) < 4.78 is 2.02. The molecule has 0 spiro atoms. The summed E-state index contributed by atoms with van der Waals surface area (Å²) in [5, 5.41) is 7.66. The van der Waals surface area contributed by atoms with E-state index in [4.69, 9.17) is 0 Å². The van der Waals surface area contributed by atoms with Crippen molar-refractivity contribution in [2.24, 2.45) is 0 Å². The highest BCUT2D eigenvalue weighted by Gasteiger charge is 2.01. The van der Waals surface area contributed by atoms with Crippen molar-refractivity contribution >= 4 is 0 Å². The minimum Gasteiger partial charge on any atom is -0.320 e. The molecule has 0 aliphatic carbocycles. The summed E-state index contributed by atoms with van der Waals surface area (Å²) in [6.07, 6.45) is 5.61. The van der Waals surface area contributed by atoms with Gasteiger partial charge in [-0.3, -0.25) is 4.68 Å². The van der Waals surface area contributed by atoms with Crippen molar-refractivity contribution in [2.45, 2.75) is 39.2 Å². The number of aromatic nitrogens is 2. The lowest BCUT2D eigenvalue weighted by Gasteiger charge is -2.03. The Hall–Kier alpha value is -0.830. The molecular formula is C11H21N3. The Balaban J connectivity index is 2.29. The third-order valence-corrected chi connectivity index (χ3v) is 2.30. The van der Waals surface area contributed by atoms with Gasteiger partial charge in [0.2, 0.25) is 0 Å². The Labute approximate surface area is 86.5 Å². The molecule has 0 aliphatic heterocycles. The summed E-state index contributed by atoms with van der Waals surface area (Å²) in [4.78, 5) is 0. The Morgan fingerprint density at radius 2 is 2.21 bits per heavy atom. The number of nitrogens with zero attached hydrogens (tertiary/aromatic N) is 2. The first-order valence-electron chi connectivity index (χ1n) is 5.42. The zero-order valence-corrected chi connectivity index (χ0v) is 9.45. The molecule has 14 heavy (non-hydrogen) atoms. The van der Waals surface area contributed by atoms with Gasteiger partial charge in [-0.25, -0.2) is 0 Å². The highest BCUT2D eigenvalue weighted by Crippen LogP contribution is 2.06. The molecule has 0 saturated carbocycles. The van der Waals surface area contributed by atoms with E-state index in [1.54, 1.807) is 0 Å². The first kappa shape index (κ1) is 11.2. The van der Waals surface area contributed by atoms with Crippen molar-refractivity contribution in [2.75, 3.05) is 13.6 Å². The third-order valence-electron chi connectivity index (χ3n) is 2.30. The predicted molar refractivity (Wildman–Crippen MR) is 59.5 cm³/mol. The number of nitrogens with one attached hydrogen (secondary N) is 1. The fourth-order valence-electron chi connectivity index (χ4n) is 1.41. The normalized spacial score (nSPS) is 11.1. The molecule has 0 unspecified atom stereocenters. The zero-order chi connectivity index (χ0) is 10.4. The molecule has 1 aromatic rings. The van der Waals surface area contributed by atoms with Crippen LogP contribution in [0.15, 0.2) is 12.3 Å². The van der Waals surface area contributed by atoms with E-state index < -0.39 is 0 Å². The van der Waals surface area contributed by atoms with Crippen LogP contribution in [0.2, 0.25) is 0 Å². The molecule has 0 fully saturated rings. The largest absolute Gasteiger partial charge is 0.320 e. The number of hydrogen-bond donors (Lipinski definition) is 1. The first-order chi connectivity index (χ1) is 6.74. The van der Waals surface area contributed by atoms with Gasteiger partial charge in [0.15, 0.2) is 0 Å². The Bertz CT molecular complexity index is 253. The summed E-state index contributed by atoms with van der Waals surface area (Å²) in [5.41, 5.74) is 1.22. The second-order valence-corrected chi connectivity index (χ2v) is 3.94. The maximum atomic E-state index is 4.50. The molecule has 1 N–H and O–H groups in total. The van der Waals surface area contributed by atoms with Crippen molar-refractivity contribution in [3.8, 4) is 0 Å². The second-order valence-electron chi connectivity index (χ2n) is 3.94. The van der Waals surface area contributed by atoms with Gasteiger partial charge in [0.05, 0.1) is 5.69 Å². The summed E-state index contributed by atoms with van der Waals surface area (Å²) in [7, 11) is 1.99. The molecule has 0 saturated heterocycles. The molecule has 0 amide bonds. The fraction of sp³-hybridized carbons (Fsp3) is 0.727. The van der Waals surface area contributed by atoms with Crippen LogP contribution in [-0.2, 0) is 6.42 Å². The topological polar surface area (TPSA) is 29.9 Å². The van der Waals surface area contributed by atoms with Gasteiger partial charge in [0.1, 0.15) is 0 Å². The molecular weight excluding hydrogens is 174 g/mol. The Morgan fingerprint density at radius 1 is 1.43 bits per heavy atom. The molecule has 0 atom stereocenters. The van der Waals surface area contributed by atoms with Gasteiger partial charge in [-0.1, -0.05) is 0 Å². The van der Waals surface area contributed by atoms with Crippen LogP contribution in [0.5, 0.6) is 0 Å². The monoisotopic (exact) mass is 195 g/mol. The van der Waals surface area contributed by atoms with Gasteiger partial charge in [0, 0.05) is 12.2 Å². The van der Waals surface area contributed by atoms with E-state index in [0.29, 0.717) is 6.04 Å². The molecule has 1 rings (SSSR count). The Morgan fingerprint density at radius 3 is 2.79 bits per heavy atom. The standard InChI is InChI=1S/C11H21N3/c1-10(2)14-9-7-11(13-14)6-4-5-8-12-3/h7,9-10,12H,4-6,8H2,1-3H3. The average Bonchev–Trinajstić information content (AvgIpc) is 2.61. The molecule has 1 aromatic heterocycles. The van der Waals surface area contributed by atoms with Gasteiger partial charge >= 0.3 is 0 Å². The fourth-order valence-corrected chi connectivity index (χ4v) is 1.41. The van der Waals surface area contributed by atoms with Crippen LogP contribution in [0.4, 0.5) is 0 Å². The number of hydrogen-bond acceptors (Lipinski definition) is 2. The van der Waals surface area contributed by atoms with E-state index >= 15 is 0 Å². The molecule has 0 aliphatic rings. The van der Waals surface area contributed by atoms with Crippen LogP contribution in [0, 0.1) is 0 Å². The molecule has 0 bridgehead atoms. The van der Waals surface area contributed by atoms with E-state index in [1.807, 2.05) is 11.7 Å². The minimum absolute atomic E-state index is 0.473. The van der Waals surface area contributed by atoms with Crippen LogP contribution in [0.1, 0.15) is 38.4 Å². The highest BCUT2D eigenvalue weighted by molar-refractivity contribution is 4.99. The summed E-state index contributed by atoms with van der Waals surface area (Å²) in [6, 6.07) is 2.60. The molecule has 3 heteroatoms. The Kier molecular flexibility index (Phi) is 4.66. The van der Waals surface area contributed by atoms with Gasteiger partial charge in [-0.05, 0) is 52.8 Å². The zero-order valence-electron chi connectivity index (χ0n) is 9.45. The van der Waals surface area contributed by atoms with Crippen LogP contribution in [0.25, 0.3) is 0 Å². The molecule has 80 valence electrons. The lowest BCUT2D eigenvalue weighted by molar-refractivity contribution is 0.524. The molecule has 1 heterocycles. The second kappa shape index (κ2) is 5.81. The van der Waals surface area contributed by atoms with Gasteiger partial charge < -0.3 is 5.32 Å². The van der Waals surface area contributed by atoms with E-state index in [-0.39, 0.29) is 0 Å². The number of aryl methyl sites for hydroxylation is 1. The molecule has 0 radical (unpaired) electrons. The maximum absolute atomic E-state index is 4.50. The summed E-state index contributed by atoms with van der Waals surface area (Å²) >= 11 is 0. The van der Waals surface area contributed by atoms with Crippen molar-refractivity contribution < 1.29 is 0 Å². The van der Waals surface area contributed by atoms with E-state index in [0.717, 1.165) is 13.0 Å². The summed E-state index contributed by atoms with van der Waals surface area (Å²) in [6.45, 7) is 5.40. The lowest BCUT2D eigenvalue weighted by Crippen LogP contribution is -2.07. The van der Waals surface area contributed by atoms with Crippen LogP contribution in [0.3, 0.4) is 0 Å². The summed E-state index contributed by atoms with van der Waals surface area (Å²) in [5.74, 6) is 0. The predicted octanol–water partition coefficient (Wildman–Crippen LogP) is 2.01. The first-order valence-corrected chi connectivity index (χ1v) is 5.42. The highest BCUT2D eigenvalue weighted by atomic mass is 15.3. The van der Waals surface area contributed by atoms with Crippen molar-refractivity contribution in [3.05, 3.63) is 18.0 Å². The van der Waals surface area contributed by atoms with Crippen LogP contribution in [-0.4, -0.2) is 23.4 Å². The van der Waals surface area contributed by atoms with E-state index in [1.165, 1.54) is 18.5 Å². The smallest absolute Gasteiger partial charge is 0.0624 e. The third kappa shape index (κ3) is 3.50. The van der Waals surface area contributed by atoms with Gasteiger partial charge in [-0.2, -0.15) is 5.10 Å². The molecule has 0 aromatic carbocycles. The van der Waals surface area contributed by atoms with Crippen LogP contribution >= 0.6 is 0 Å². The minimum atomic E-state index is 0.473.